The molecule has 1 N–H and O–H groups in total. The van der Waals surface area contributed by atoms with Crippen LogP contribution in [0.1, 0.15) is 13.8 Å². The summed E-state index contributed by atoms with van der Waals surface area (Å²) < 4.78 is 5.29. The molecule has 0 spiro atoms. The molecule has 1 unspecified atom stereocenters. The molecule has 1 rings (SSSR count). The van der Waals surface area contributed by atoms with Gasteiger partial charge in [0.2, 0.25) is 0 Å². The normalized spacial score (nSPS) is 11.9. The Labute approximate surface area is 111 Å². The van der Waals surface area contributed by atoms with Gasteiger partial charge in [0.15, 0.2) is 5.75 Å². The van der Waals surface area contributed by atoms with E-state index in [1.807, 2.05) is 6.26 Å². The molecular weight excluding hydrogens is 252 g/mol. The van der Waals surface area contributed by atoms with Crippen molar-refractivity contribution in [2.24, 2.45) is 0 Å². The molecule has 5 nitrogen and oxygen atoms in total. The van der Waals surface area contributed by atoms with Crippen molar-refractivity contribution in [1.29, 1.82) is 0 Å². The first-order valence-electron chi connectivity index (χ1n) is 5.76. The molecule has 0 saturated carbocycles. The van der Waals surface area contributed by atoms with Crippen LogP contribution < -0.4 is 10.1 Å². The highest BCUT2D eigenvalue weighted by Crippen LogP contribution is 2.30. The van der Waals surface area contributed by atoms with Gasteiger partial charge in [-0.3, -0.25) is 10.1 Å². The quantitative estimate of drug-likeness (QED) is 0.609. The van der Waals surface area contributed by atoms with Crippen molar-refractivity contribution in [3.05, 3.63) is 28.3 Å². The van der Waals surface area contributed by atoms with Crippen molar-refractivity contribution in [3.8, 4) is 5.75 Å². The third-order valence-electron chi connectivity index (χ3n) is 2.45. The number of nitrogens with one attached hydrogen (secondary N) is 1. The van der Waals surface area contributed by atoms with E-state index >= 15 is 0 Å². The van der Waals surface area contributed by atoms with Gasteiger partial charge in [-0.15, -0.1) is 0 Å². The molecule has 0 aromatic heterocycles. The standard InChI is InChI=1S/C12H18N2O3S/c1-4-17-12-7-10(13-8-9(2)18-3)5-6-11(12)14(15)16/h5-7,9,13H,4,8H2,1-3H3. The largest absolute Gasteiger partial charge is 0.487 e. The van der Waals surface area contributed by atoms with Crippen LogP contribution in [0.15, 0.2) is 18.2 Å². The van der Waals surface area contributed by atoms with E-state index in [0.717, 1.165) is 12.2 Å². The monoisotopic (exact) mass is 270 g/mol. The zero-order valence-electron chi connectivity index (χ0n) is 10.8. The molecule has 1 atom stereocenters. The van der Waals surface area contributed by atoms with E-state index in [9.17, 15) is 10.1 Å². The first kappa shape index (κ1) is 14.6. The number of nitro groups is 1. The molecule has 1 aromatic rings. The van der Waals surface area contributed by atoms with Crippen molar-refractivity contribution in [2.75, 3.05) is 24.7 Å². The first-order chi connectivity index (χ1) is 8.58. The van der Waals surface area contributed by atoms with Gasteiger partial charge in [0.05, 0.1) is 11.5 Å². The highest BCUT2D eigenvalue weighted by atomic mass is 32.2. The van der Waals surface area contributed by atoms with Gasteiger partial charge in [-0.25, -0.2) is 0 Å². The second kappa shape index (κ2) is 7.10. The fraction of sp³-hybridized carbons (Fsp3) is 0.500. The predicted molar refractivity (Wildman–Crippen MR) is 75.7 cm³/mol. The Morgan fingerprint density at radius 3 is 2.83 bits per heavy atom. The minimum atomic E-state index is -0.431. The maximum absolute atomic E-state index is 10.8. The van der Waals surface area contributed by atoms with Crippen molar-refractivity contribution in [1.82, 2.24) is 0 Å². The summed E-state index contributed by atoms with van der Waals surface area (Å²) in [5.74, 6) is 0.310. The number of hydrogen-bond donors (Lipinski definition) is 1. The van der Waals surface area contributed by atoms with Gasteiger partial charge in [-0.05, 0) is 19.2 Å². The molecule has 0 radical (unpaired) electrons. The van der Waals surface area contributed by atoms with Crippen LogP contribution in [0.5, 0.6) is 5.75 Å². The Balaban J connectivity index is 2.82. The molecule has 0 bridgehead atoms. The van der Waals surface area contributed by atoms with E-state index in [4.69, 9.17) is 4.74 Å². The van der Waals surface area contributed by atoms with E-state index in [-0.39, 0.29) is 5.69 Å². The number of nitro benzene ring substituents is 1. The number of rotatable bonds is 7. The molecule has 0 heterocycles. The number of hydrogen-bond acceptors (Lipinski definition) is 5. The number of nitrogens with zero attached hydrogens (tertiary/aromatic N) is 1. The SMILES string of the molecule is CCOc1cc(NCC(C)SC)ccc1[N+](=O)[O-]. The summed E-state index contributed by atoms with van der Waals surface area (Å²) in [6.07, 6.45) is 2.05. The zero-order valence-corrected chi connectivity index (χ0v) is 11.6. The molecule has 100 valence electrons. The lowest BCUT2D eigenvalue weighted by Crippen LogP contribution is -2.12. The van der Waals surface area contributed by atoms with Gasteiger partial charge < -0.3 is 10.1 Å². The van der Waals surface area contributed by atoms with Crippen molar-refractivity contribution < 1.29 is 9.66 Å². The Kier molecular flexibility index (Phi) is 5.77. The first-order valence-corrected chi connectivity index (χ1v) is 7.05. The minimum Gasteiger partial charge on any atom is -0.487 e. The van der Waals surface area contributed by atoms with Gasteiger partial charge >= 0.3 is 5.69 Å². The van der Waals surface area contributed by atoms with E-state index < -0.39 is 4.92 Å². The van der Waals surface area contributed by atoms with Gasteiger partial charge in [0.1, 0.15) is 0 Å². The van der Waals surface area contributed by atoms with Gasteiger partial charge in [-0.2, -0.15) is 11.8 Å². The Morgan fingerprint density at radius 1 is 1.56 bits per heavy atom. The smallest absolute Gasteiger partial charge is 0.311 e. The molecule has 0 amide bonds. The summed E-state index contributed by atoms with van der Waals surface area (Å²) in [5, 5.41) is 14.5. The fourth-order valence-electron chi connectivity index (χ4n) is 1.39. The highest BCUT2D eigenvalue weighted by molar-refractivity contribution is 7.99. The lowest BCUT2D eigenvalue weighted by atomic mass is 10.2. The topological polar surface area (TPSA) is 64.4 Å². The third kappa shape index (κ3) is 4.10. The summed E-state index contributed by atoms with van der Waals surface area (Å²) in [6, 6.07) is 4.85. The van der Waals surface area contributed by atoms with E-state index in [0.29, 0.717) is 17.6 Å². The number of ether oxygens (including phenoxy) is 1. The van der Waals surface area contributed by atoms with Gasteiger partial charge in [0.25, 0.3) is 0 Å². The average molecular weight is 270 g/mol. The molecular formula is C12H18N2O3S. The van der Waals surface area contributed by atoms with Gasteiger partial charge in [-0.1, -0.05) is 6.92 Å². The molecule has 0 saturated heterocycles. The number of thioether (sulfide) groups is 1. The lowest BCUT2D eigenvalue weighted by molar-refractivity contribution is -0.385. The van der Waals surface area contributed by atoms with Crippen LogP contribution in [0.3, 0.4) is 0 Å². The third-order valence-corrected chi connectivity index (χ3v) is 3.42. The Hall–Kier alpha value is -1.43. The predicted octanol–water partition coefficient (Wildman–Crippen LogP) is 3.16. The summed E-state index contributed by atoms with van der Waals surface area (Å²) >= 11 is 1.76. The van der Waals surface area contributed by atoms with E-state index in [2.05, 4.69) is 12.2 Å². The summed E-state index contributed by atoms with van der Waals surface area (Å²) in [4.78, 5) is 10.4. The second-order valence-corrected chi connectivity index (χ2v) is 5.08. The molecule has 0 fully saturated rings. The Bertz CT molecular complexity index is 412. The van der Waals surface area contributed by atoms with Crippen LogP contribution in [0.2, 0.25) is 0 Å². The van der Waals surface area contributed by atoms with Crippen LogP contribution in [0.4, 0.5) is 11.4 Å². The molecule has 0 aliphatic rings. The maximum atomic E-state index is 10.8. The van der Waals surface area contributed by atoms with Crippen molar-refractivity contribution >= 4 is 23.1 Å². The average Bonchev–Trinajstić information content (AvgIpc) is 2.36. The highest BCUT2D eigenvalue weighted by Gasteiger charge is 2.15. The Morgan fingerprint density at radius 2 is 2.28 bits per heavy atom. The van der Waals surface area contributed by atoms with Gasteiger partial charge in [0, 0.05) is 29.6 Å². The number of benzene rings is 1. The van der Waals surface area contributed by atoms with E-state index in [1.54, 1.807) is 30.8 Å². The molecule has 1 aromatic carbocycles. The summed E-state index contributed by atoms with van der Waals surface area (Å²) in [6.45, 7) is 5.14. The fourth-order valence-corrected chi connectivity index (χ4v) is 1.64. The lowest BCUT2D eigenvalue weighted by Gasteiger charge is -2.12. The molecule has 18 heavy (non-hydrogen) atoms. The summed E-state index contributed by atoms with van der Waals surface area (Å²) in [7, 11) is 0. The molecule has 6 heteroatoms. The van der Waals surface area contributed by atoms with E-state index in [1.165, 1.54) is 6.07 Å². The zero-order chi connectivity index (χ0) is 13.5. The van der Waals surface area contributed by atoms with Crippen molar-refractivity contribution in [2.45, 2.75) is 19.1 Å². The van der Waals surface area contributed by atoms with Crippen LogP contribution in [0, 0.1) is 10.1 Å². The molecule has 0 aliphatic carbocycles. The van der Waals surface area contributed by atoms with Crippen molar-refractivity contribution in [3.63, 3.8) is 0 Å². The summed E-state index contributed by atoms with van der Waals surface area (Å²) in [5.41, 5.74) is 0.838. The number of anilines is 1. The molecule has 0 aliphatic heterocycles. The van der Waals surface area contributed by atoms with Crippen LogP contribution in [-0.2, 0) is 0 Å². The second-order valence-electron chi connectivity index (χ2n) is 3.80. The maximum Gasteiger partial charge on any atom is 0.311 e. The minimum absolute atomic E-state index is 0.000292. The van der Waals surface area contributed by atoms with Crippen LogP contribution in [-0.4, -0.2) is 29.6 Å². The van der Waals surface area contributed by atoms with Crippen LogP contribution in [0.25, 0.3) is 0 Å². The van der Waals surface area contributed by atoms with Crippen LogP contribution >= 0.6 is 11.8 Å².